The summed E-state index contributed by atoms with van der Waals surface area (Å²) < 4.78 is 10.4. The minimum atomic E-state index is -0.714. The summed E-state index contributed by atoms with van der Waals surface area (Å²) >= 11 is 11.9. The van der Waals surface area contributed by atoms with E-state index in [1.54, 1.807) is 36.9 Å². The lowest BCUT2D eigenvalue weighted by Gasteiger charge is -2.28. The lowest BCUT2D eigenvalue weighted by Crippen LogP contribution is -2.45. The zero-order valence-corrected chi connectivity index (χ0v) is 15.4. The van der Waals surface area contributed by atoms with Crippen LogP contribution in [0, 0.1) is 5.92 Å². The molecule has 24 heavy (non-hydrogen) atoms. The molecule has 0 heterocycles. The quantitative estimate of drug-likeness (QED) is 0.685. The number of ether oxygens (including phenoxy) is 2. The molecular weight excluding hydrogens is 353 g/mol. The van der Waals surface area contributed by atoms with Gasteiger partial charge in [0.25, 0.3) is 5.91 Å². The van der Waals surface area contributed by atoms with Crippen LogP contribution in [0.4, 0.5) is 0 Å². The minimum absolute atomic E-state index is 0.163. The summed E-state index contributed by atoms with van der Waals surface area (Å²) in [6, 6.07) is 5.01. The Kier molecular flexibility index (Phi) is 6.35. The van der Waals surface area contributed by atoms with Crippen LogP contribution in [0.5, 0.6) is 5.75 Å². The predicted octanol–water partition coefficient (Wildman–Crippen LogP) is 3.56. The average molecular weight is 374 g/mol. The van der Waals surface area contributed by atoms with Gasteiger partial charge in [0.05, 0.1) is 18.1 Å². The van der Waals surface area contributed by atoms with E-state index in [0.29, 0.717) is 22.3 Å². The number of carbonyl (C=O) groups is 2. The molecule has 1 fully saturated rings. The van der Waals surface area contributed by atoms with Crippen molar-refractivity contribution >= 4 is 35.1 Å². The van der Waals surface area contributed by atoms with Gasteiger partial charge in [-0.25, -0.2) is 0 Å². The van der Waals surface area contributed by atoms with Gasteiger partial charge in [0.2, 0.25) is 0 Å². The molecule has 0 bridgehead atoms. The lowest BCUT2D eigenvalue weighted by atomic mass is 10.1. The van der Waals surface area contributed by atoms with Crippen molar-refractivity contribution in [1.29, 1.82) is 0 Å². The van der Waals surface area contributed by atoms with Gasteiger partial charge >= 0.3 is 5.97 Å². The van der Waals surface area contributed by atoms with Crippen LogP contribution in [0.3, 0.4) is 0 Å². The van der Waals surface area contributed by atoms with Gasteiger partial charge in [0, 0.05) is 17.6 Å². The fourth-order valence-corrected chi connectivity index (χ4v) is 2.87. The van der Waals surface area contributed by atoms with Crippen molar-refractivity contribution in [1.82, 2.24) is 4.90 Å². The number of nitrogens with zero attached hydrogens (tertiary/aromatic N) is 1. The van der Waals surface area contributed by atoms with E-state index in [0.717, 1.165) is 12.8 Å². The van der Waals surface area contributed by atoms with Crippen molar-refractivity contribution in [3.63, 3.8) is 0 Å². The Morgan fingerprint density at radius 1 is 1.29 bits per heavy atom. The zero-order chi connectivity index (χ0) is 17.9. The highest BCUT2D eigenvalue weighted by Crippen LogP contribution is 2.31. The third-order valence-electron chi connectivity index (χ3n) is 3.89. The van der Waals surface area contributed by atoms with Gasteiger partial charge < -0.3 is 14.4 Å². The molecule has 1 amide bonds. The monoisotopic (exact) mass is 373 g/mol. The van der Waals surface area contributed by atoms with Crippen LogP contribution in [0.25, 0.3) is 0 Å². The summed E-state index contributed by atoms with van der Waals surface area (Å²) in [7, 11) is 1.34. The first-order valence-electron chi connectivity index (χ1n) is 7.83. The van der Waals surface area contributed by atoms with Gasteiger partial charge in [-0.3, -0.25) is 9.59 Å². The smallest absolute Gasteiger partial charge is 0.310 e. The fraction of sp³-hybridized carbons (Fsp3) is 0.529. The lowest BCUT2D eigenvalue weighted by molar-refractivity contribution is -0.147. The molecule has 0 aliphatic heterocycles. The standard InChI is InChI=1S/C17H21Cl2NO4/c1-10(17(22)23-3)9-20(13-5-6-13)16(21)11(2)24-15-7-4-12(18)8-14(15)19/h4,7-8,10-11,13H,5-6,9H2,1-3H3. The molecule has 2 atom stereocenters. The first-order valence-corrected chi connectivity index (χ1v) is 8.59. The Labute approximate surface area is 151 Å². The van der Waals surface area contributed by atoms with E-state index >= 15 is 0 Å². The minimum Gasteiger partial charge on any atom is -0.479 e. The number of amides is 1. The van der Waals surface area contributed by atoms with Crippen molar-refractivity contribution in [2.45, 2.75) is 38.8 Å². The van der Waals surface area contributed by atoms with E-state index in [-0.39, 0.29) is 23.8 Å². The maximum absolute atomic E-state index is 12.7. The molecule has 0 aromatic heterocycles. The Bertz CT molecular complexity index is 619. The highest BCUT2D eigenvalue weighted by atomic mass is 35.5. The Balaban J connectivity index is 2.04. The van der Waals surface area contributed by atoms with Crippen LogP contribution in [-0.4, -0.2) is 42.6 Å². The van der Waals surface area contributed by atoms with E-state index in [4.69, 9.17) is 32.7 Å². The van der Waals surface area contributed by atoms with Crippen molar-refractivity contribution in [2.24, 2.45) is 5.92 Å². The molecule has 1 aromatic rings. The molecule has 1 aliphatic rings. The van der Waals surface area contributed by atoms with Gasteiger partial charge in [-0.1, -0.05) is 30.1 Å². The van der Waals surface area contributed by atoms with Gasteiger partial charge in [-0.05, 0) is 38.0 Å². The molecule has 2 unspecified atom stereocenters. The van der Waals surface area contributed by atoms with Gasteiger partial charge in [0.1, 0.15) is 5.75 Å². The van der Waals surface area contributed by atoms with Crippen molar-refractivity contribution in [3.05, 3.63) is 28.2 Å². The Morgan fingerprint density at radius 2 is 1.96 bits per heavy atom. The zero-order valence-electron chi connectivity index (χ0n) is 13.9. The second-order valence-electron chi connectivity index (χ2n) is 5.98. The largest absolute Gasteiger partial charge is 0.479 e. The van der Waals surface area contributed by atoms with Crippen LogP contribution in [0.2, 0.25) is 10.0 Å². The number of esters is 1. The summed E-state index contributed by atoms with van der Waals surface area (Å²) in [4.78, 5) is 26.1. The third kappa shape index (κ3) is 4.77. The van der Waals surface area contributed by atoms with Crippen LogP contribution >= 0.6 is 23.2 Å². The number of methoxy groups -OCH3 is 1. The van der Waals surface area contributed by atoms with Crippen molar-refractivity contribution in [3.8, 4) is 5.75 Å². The molecule has 0 radical (unpaired) electrons. The van der Waals surface area contributed by atoms with Crippen molar-refractivity contribution < 1.29 is 19.1 Å². The third-order valence-corrected chi connectivity index (χ3v) is 4.42. The molecule has 5 nitrogen and oxygen atoms in total. The first-order chi connectivity index (χ1) is 11.3. The normalized spacial score (nSPS) is 16.2. The summed E-state index contributed by atoms with van der Waals surface area (Å²) in [5.41, 5.74) is 0. The van der Waals surface area contributed by atoms with E-state index < -0.39 is 6.10 Å². The summed E-state index contributed by atoms with van der Waals surface area (Å²) in [5.74, 6) is -0.480. The number of rotatable bonds is 7. The van der Waals surface area contributed by atoms with E-state index in [1.165, 1.54) is 7.11 Å². The van der Waals surface area contributed by atoms with E-state index in [1.807, 2.05) is 0 Å². The molecule has 7 heteroatoms. The first kappa shape index (κ1) is 18.9. The molecule has 1 aliphatic carbocycles. The number of halogens is 2. The van der Waals surface area contributed by atoms with Crippen LogP contribution in [0.15, 0.2) is 18.2 Å². The second kappa shape index (κ2) is 8.08. The molecule has 1 saturated carbocycles. The molecule has 0 spiro atoms. The highest BCUT2D eigenvalue weighted by Gasteiger charge is 2.37. The molecule has 0 saturated heterocycles. The molecule has 2 rings (SSSR count). The van der Waals surface area contributed by atoms with Gasteiger partial charge in [-0.2, -0.15) is 0 Å². The number of benzene rings is 1. The number of carbonyl (C=O) groups excluding carboxylic acids is 2. The van der Waals surface area contributed by atoms with E-state index in [9.17, 15) is 9.59 Å². The molecule has 0 N–H and O–H groups in total. The molecule has 132 valence electrons. The Morgan fingerprint density at radius 3 is 2.50 bits per heavy atom. The number of hydrogen-bond acceptors (Lipinski definition) is 4. The maximum Gasteiger partial charge on any atom is 0.310 e. The van der Waals surface area contributed by atoms with Crippen LogP contribution < -0.4 is 4.74 Å². The SMILES string of the molecule is COC(=O)C(C)CN(C(=O)C(C)Oc1ccc(Cl)cc1Cl)C1CC1. The highest BCUT2D eigenvalue weighted by molar-refractivity contribution is 6.35. The van der Waals surface area contributed by atoms with Crippen molar-refractivity contribution in [2.75, 3.05) is 13.7 Å². The molecular formula is C17H21Cl2NO4. The fourth-order valence-electron chi connectivity index (χ4n) is 2.42. The molecule has 1 aromatic carbocycles. The average Bonchev–Trinajstić information content (AvgIpc) is 3.38. The number of hydrogen-bond donors (Lipinski definition) is 0. The van der Waals surface area contributed by atoms with Gasteiger partial charge in [-0.15, -0.1) is 0 Å². The summed E-state index contributed by atoms with van der Waals surface area (Å²) in [6.45, 7) is 3.74. The van der Waals surface area contributed by atoms with Crippen LogP contribution in [0.1, 0.15) is 26.7 Å². The predicted molar refractivity (Wildman–Crippen MR) is 92.5 cm³/mol. The summed E-state index contributed by atoms with van der Waals surface area (Å²) in [6.07, 6.45) is 1.16. The topological polar surface area (TPSA) is 55.8 Å². The Hall–Kier alpha value is -1.46. The second-order valence-corrected chi connectivity index (χ2v) is 6.82. The van der Waals surface area contributed by atoms with E-state index in [2.05, 4.69) is 0 Å². The van der Waals surface area contributed by atoms with Crippen LogP contribution in [-0.2, 0) is 14.3 Å². The van der Waals surface area contributed by atoms with Gasteiger partial charge in [0.15, 0.2) is 6.10 Å². The maximum atomic E-state index is 12.7. The summed E-state index contributed by atoms with van der Waals surface area (Å²) in [5, 5.41) is 0.848.